The molecule has 6 atom stereocenters. The predicted octanol–water partition coefficient (Wildman–Crippen LogP) is 5.01. The van der Waals surface area contributed by atoms with Gasteiger partial charge in [0.2, 0.25) is 5.91 Å². The van der Waals surface area contributed by atoms with E-state index < -0.39 is 30.1 Å². The van der Waals surface area contributed by atoms with Gasteiger partial charge in [-0.3, -0.25) is 4.79 Å². The second-order valence-corrected chi connectivity index (χ2v) is 11.2. The Morgan fingerprint density at radius 3 is 1.89 bits per heavy atom. The molecule has 1 saturated heterocycles. The average Bonchev–Trinajstić information content (AvgIpc) is 2.89. The van der Waals surface area contributed by atoms with Gasteiger partial charge in [-0.2, -0.15) is 0 Å². The van der Waals surface area contributed by atoms with Crippen LogP contribution in [0.1, 0.15) is 64.1 Å². The molecule has 0 spiro atoms. The zero-order chi connectivity index (χ0) is 27.6. The molecule has 1 heterocycles. The van der Waals surface area contributed by atoms with Crippen molar-refractivity contribution in [3.8, 4) is 11.5 Å². The number of esters is 1. The van der Waals surface area contributed by atoms with E-state index in [1.165, 1.54) is 0 Å². The highest BCUT2D eigenvalue weighted by Crippen LogP contribution is 2.43. The van der Waals surface area contributed by atoms with Gasteiger partial charge in [-0.15, -0.1) is 0 Å². The summed E-state index contributed by atoms with van der Waals surface area (Å²) in [6.45, 7) is 8.10. The lowest BCUT2D eigenvalue weighted by molar-refractivity contribution is -0.190. The molecule has 1 N–H and O–H groups in total. The molecule has 2 fully saturated rings. The molecule has 1 saturated carbocycles. The Labute approximate surface area is 226 Å². The summed E-state index contributed by atoms with van der Waals surface area (Å²) >= 11 is 0. The fourth-order valence-electron chi connectivity index (χ4n) is 6.11. The van der Waals surface area contributed by atoms with Crippen LogP contribution in [0.3, 0.4) is 0 Å². The standard InChI is InChI=1S/C31H41NO6/c1-18(2)25-16-7-19(3)17-26(25)38-31(35)29-27(20(4)33)30(34)32(29)28(21-8-12-23(36-5)13-9-21)22-10-14-24(37-6)15-11-22/h8-15,18-20,25-29,33H,7,16-17H2,1-6H3/t19-,20-,25+,26-,27-,29+/m1/s1. The van der Waals surface area contributed by atoms with Crippen LogP contribution in [-0.2, 0) is 14.3 Å². The third kappa shape index (κ3) is 5.53. The van der Waals surface area contributed by atoms with Crippen molar-refractivity contribution in [1.82, 2.24) is 4.90 Å². The van der Waals surface area contributed by atoms with Gasteiger partial charge in [0.1, 0.15) is 23.6 Å². The molecule has 0 bridgehead atoms. The maximum atomic E-state index is 13.8. The van der Waals surface area contributed by atoms with Crippen LogP contribution in [0.2, 0.25) is 0 Å². The average molecular weight is 524 g/mol. The highest BCUT2D eigenvalue weighted by molar-refractivity contribution is 5.98. The molecule has 0 aromatic heterocycles. The molecule has 1 aliphatic heterocycles. The number of likely N-dealkylation sites (tertiary alicyclic amines) is 1. The lowest BCUT2D eigenvalue weighted by Gasteiger charge is -2.51. The van der Waals surface area contributed by atoms with Crippen molar-refractivity contribution in [3.05, 3.63) is 59.7 Å². The van der Waals surface area contributed by atoms with Crippen molar-refractivity contribution < 1.29 is 28.9 Å². The second-order valence-electron chi connectivity index (χ2n) is 11.2. The first-order chi connectivity index (χ1) is 18.2. The zero-order valence-corrected chi connectivity index (χ0v) is 23.3. The van der Waals surface area contributed by atoms with Crippen LogP contribution < -0.4 is 9.47 Å². The number of carbonyl (C=O) groups is 2. The number of benzene rings is 2. The molecule has 1 amide bonds. The van der Waals surface area contributed by atoms with Crippen LogP contribution >= 0.6 is 0 Å². The van der Waals surface area contributed by atoms with E-state index in [2.05, 4.69) is 20.8 Å². The van der Waals surface area contributed by atoms with Gasteiger partial charge in [0.15, 0.2) is 0 Å². The molecule has 2 aromatic rings. The van der Waals surface area contributed by atoms with Crippen molar-refractivity contribution in [2.45, 2.75) is 71.2 Å². The fourth-order valence-corrected chi connectivity index (χ4v) is 6.11. The number of aliphatic hydroxyl groups is 1. The Kier molecular flexibility index (Phi) is 8.66. The molecular weight excluding hydrogens is 482 g/mol. The molecule has 1 aliphatic carbocycles. The summed E-state index contributed by atoms with van der Waals surface area (Å²) in [6, 6.07) is 13.5. The van der Waals surface area contributed by atoms with Crippen molar-refractivity contribution in [2.24, 2.45) is 23.7 Å². The molecule has 0 unspecified atom stereocenters. The lowest BCUT2D eigenvalue weighted by Crippen LogP contribution is -2.68. The Balaban J connectivity index is 1.70. The molecule has 7 nitrogen and oxygen atoms in total. The van der Waals surface area contributed by atoms with Crippen LogP contribution in [0.4, 0.5) is 0 Å². The first kappa shape index (κ1) is 28.0. The largest absolute Gasteiger partial charge is 0.497 e. The minimum atomic E-state index is -0.977. The van der Waals surface area contributed by atoms with Gasteiger partial charge in [0.25, 0.3) is 0 Å². The zero-order valence-electron chi connectivity index (χ0n) is 23.3. The van der Waals surface area contributed by atoms with E-state index in [9.17, 15) is 14.7 Å². The number of β-lactam (4-membered cyclic amide) rings is 1. The van der Waals surface area contributed by atoms with E-state index in [0.717, 1.165) is 30.4 Å². The summed E-state index contributed by atoms with van der Waals surface area (Å²) in [5.41, 5.74) is 1.66. The van der Waals surface area contributed by atoms with Crippen molar-refractivity contribution in [3.63, 3.8) is 0 Å². The Morgan fingerprint density at radius 1 is 0.921 bits per heavy atom. The maximum absolute atomic E-state index is 13.8. The lowest BCUT2D eigenvalue weighted by atomic mass is 9.75. The predicted molar refractivity (Wildman–Crippen MR) is 145 cm³/mol. The van der Waals surface area contributed by atoms with Gasteiger partial charge < -0.3 is 24.2 Å². The number of nitrogens with zero attached hydrogens (tertiary/aromatic N) is 1. The van der Waals surface area contributed by atoms with Crippen LogP contribution in [0.15, 0.2) is 48.5 Å². The molecule has 2 aliphatic rings. The molecule has 0 radical (unpaired) electrons. The number of aliphatic hydroxyl groups excluding tert-OH is 1. The van der Waals surface area contributed by atoms with Gasteiger partial charge in [-0.05, 0) is 72.9 Å². The van der Waals surface area contributed by atoms with Crippen molar-refractivity contribution in [1.29, 1.82) is 0 Å². The van der Waals surface area contributed by atoms with Gasteiger partial charge >= 0.3 is 5.97 Å². The molecule has 38 heavy (non-hydrogen) atoms. The number of rotatable bonds is 9. The topological polar surface area (TPSA) is 85.3 Å². The summed E-state index contributed by atoms with van der Waals surface area (Å²) in [4.78, 5) is 29.0. The Bertz CT molecular complexity index is 1050. The van der Waals surface area contributed by atoms with Gasteiger partial charge in [0.05, 0.1) is 32.3 Å². The summed E-state index contributed by atoms with van der Waals surface area (Å²) < 4.78 is 16.9. The van der Waals surface area contributed by atoms with E-state index in [4.69, 9.17) is 14.2 Å². The quantitative estimate of drug-likeness (QED) is 0.368. The number of amides is 1. The number of hydrogen-bond donors (Lipinski definition) is 1. The first-order valence-electron chi connectivity index (χ1n) is 13.6. The van der Waals surface area contributed by atoms with Crippen LogP contribution in [0.25, 0.3) is 0 Å². The van der Waals surface area contributed by atoms with Crippen LogP contribution in [-0.4, -0.2) is 54.4 Å². The summed E-state index contributed by atoms with van der Waals surface area (Å²) in [6.07, 6.45) is 1.78. The molecular formula is C31H41NO6. The summed E-state index contributed by atoms with van der Waals surface area (Å²) in [7, 11) is 3.20. The van der Waals surface area contributed by atoms with Crippen molar-refractivity contribution >= 4 is 11.9 Å². The smallest absolute Gasteiger partial charge is 0.330 e. The molecule has 2 aromatic carbocycles. The first-order valence-corrected chi connectivity index (χ1v) is 13.6. The normalized spacial score (nSPS) is 26.2. The number of hydrogen-bond acceptors (Lipinski definition) is 6. The summed E-state index contributed by atoms with van der Waals surface area (Å²) in [5, 5.41) is 10.5. The monoisotopic (exact) mass is 523 g/mol. The second kappa shape index (κ2) is 11.8. The van der Waals surface area contributed by atoms with E-state index in [1.54, 1.807) is 26.0 Å². The number of methoxy groups -OCH3 is 2. The van der Waals surface area contributed by atoms with E-state index in [0.29, 0.717) is 23.3 Å². The van der Waals surface area contributed by atoms with Gasteiger partial charge in [-0.1, -0.05) is 51.5 Å². The van der Waals surface area contributed by atoms with Crippen molar-refractivity contribution in [2.75, 3.05) is 14.2 Å². The third-order valence-corrected chi connectivity index (χ3v) is 8.31. The summed E-state index contributed by atoms with van der Waals surface area (Å²) in [5.74, 6) is 0.980. The molecule has 7 heteroatoms. The van der Waals surface area contributed by atoms with E-state index in [-0.39, 0.29) is 17.9 Å². The minimum absolute atomic E-state index is 0.195. The maximum Gasteiger partial charge on any atom is 0.330 e. The van der Waals surface area contributed by atoms with Crippen LogP contribution in [0, 0.1) is 23.7 Å². The molecule has 206 valence electrons. The number of ether oxygens (including phenoxy) is 3. The fraction of sp³-hybridized carbons (Fsp3) is 0.548. The highest BCUT2D eigenvalue weighted by Gasteiger charge is 2.57. The van der Waals surface area contributed by atoms with Gasteiger partial charge in [0, 0.05) is 0 Å². The highest BCUT2D eigenvalue weighted by atomic mass is 16.5. The Morgan fingerprint density at radius 2 is 1.45 bits per heavy atom. The SMILES string of the molecule is COc1ccc(C(c2ccc(OC)cc2)N2C(=O)[C@H]([C@@H](C)O)[C@H]2C(=O)O[C@@H]2C[C@H](C)CC[C@H]2C(C)C)cc1. The van der Waals surface area contributed by atoms with E-state index in [1.807, 2.05) is 48.5 Å². The van der Waals surface area contributed by atoms with Crippen LogP contribution in [0.5, 0.6) is 11.5 Å². The minimum Gasteiger partial charge on any atom is -0.497 e. The molecule has 4 rings (SSSR count). The number of carbonyl (C=O) groups excluding carboxylic acids is 2. The Hall–Kier alpha value is -3.06. The van der Waals surface area contributed by atoms with Gasteiger partial charge in [-0.25, -0.2) is 4.79 Å². The third-order valence-electron chi connectivity index (χ3n) is 8.31. The van der Waals surface area contributed by atoms with E-state index >= 15 is 0 Å².